The summed E-state index contributed by atoms with van der Waals surface area (Å²) in [5.74, 6) is 0.717. The Morgan fingerprint density at radius 1 is 1.00 bits per heavy atom. The Morgan fingerprint density at radius 2 is 1.58 bits per heavy atom. The van der Waals surface area contributed by atoms with E-state index in [1.54, 1.807) is 0 Å². The van der Waals surface area contributed by atoms with Crippen LogP contribution in [0.2, 0.25) is 0 Å². The van der Waals surface area contributed by atoms with Gasteiger partial charge in [0, 0.05) is 42.2 Å². The zero-order valence-electron chi connectivity index (χ0n) is 15.9. The Labute approximate surface area is 161 Å². The van der Waals surface area contributed by atoms with E-state index in [-0.39, 0.29) is 11.8 Å². The molecule has 2 fully saturated rings. The van der Waals surface area contributed by atoms with Crippen molar-refractivity contribution in [3.8, 4) is 0 Å². The van der Waals surface area contributed by atoms with Crippen LogP contribution < -0.4 is 0 Å². The molecule has 0 bridgehead atoms. The highest BCUT2D eigenvalue weighted by Crippen LogP contribution is 2.27. The smallest absolute Gasteiger partial charge is 0.227 e. The van der Waals surface area contributed by atoms with Crippen molar-refractivity contribution in [3.63, 3.8) is 0 Å². The maximum Gasteiger partial charge on any atom is 0.227 e. The molecule has 1 aliphatic carbocycles. The molecule has 1 heterocycles. The van der Waals surface area contributed by atoms with Crippen LogP contribution >= 0.6 is 11.8 Å². The number of carbonyl (C=O) groups excluding carboxylic acids is 2. The number of nitrogens with zero attached hydrogens (tertiary/aromatic N) is 2. The summed E-state index contributed by atoms with van der Waals surface area (Å²) >= 11 is 1.83. The molecule has 1 aromatic rings. The minimum atomic E-state index is 0.169. The molecule has 5 heteroatoms. The minimum Gasteiger partial charge on any atom is -0.339 e. The maximum atomic E-state index is 12.6. The fourth-order valence-corrected chi connectivity index (χ4v) is 4.69. The quantitative estimate of drug-likeness (QED) is 0.740. The van der Waals surface area contributed by atoms with Gasteiger partial charge in [-0.05, 0) is 30.5 Å². The standard InChI is InChI=1S/C21H30N2O2S/c1-16(2)26-19-9-7-17(8-10-19)15-20(24)22-11-13-23(14-12-22)21(25)18-5-3-4-6-18/h7-10,16,18H,3-6,11-15H2,1-2H3. The minimum absolute atomic E-state index is 0.169. The lowest BCUT2D eigenvalue weighted by Crippen LogP contribution is -2.52. The van der Waals surface area contributed by atoms with Gasteiger partial charge in [0.05, 0.1) is 6.42 Å². The molecule has 0 spiro atoms. The van der Waals surface area contributed by atoms with Crippen LogP contribution in [0.5, 0.6) is 0 Å². The number of rotatable bonds is 5. The molecule has 0 unspecified atom stereocenters. The van der Waals surface area contributed by atoms with Gasteiger partial charge in [0.15, 0.2) is 0 Å². The van der Waals surface area contributed by atoms with Gasteiger partial charge in [-0.1, -0.05) is 38.8 Å². The fourth-order valence-electron chi connectivity index (χ4n) is 3.85. The lowest BCUT2D eigenvalue weighted by molar-refractivity contribution is -0.141. The van der Waals surface area contributed by atoms with Gasteiger partial charge in [-0.2, -0.15) is 0 Å². The molecule has 3 rings (SSSR count). The highest BCUT2D eigenvalue weighted by atomic mass is 32.2. The summed E-state index contributed by atoms with van der Waals surface area (Å²) in [6, 6.07) is 8.32. The van der Waals surface area contributed by atoms with Crippen molar-refractivity contribution in [3.05, 3.63) is 29.8 Å². The Bertz CT molecular complexity index is 615. The molecule has 0 aromatic heterocycles. The number of benzene rings is 1. The first kappa shape index (κ1) is 19.3. The van der Waals surface area contributed by atoms with Gasteiger partial charge in [-0.3, -0.25) is 9.59 Å². The summed E-state index contributed by atoms with van der Waals surface area (Å²) < 4.78 is 0. The zero-order chi connectivity index (χ0) is 18.5. The van der Waals surface area contributed by atoms with Crippen LogP contribution in [0, 0.1) is 5.92 Å². The number of piperazine rings is 1. The normalized spacial score (nSPS) is 18.6. The van der Waals surface area contributed by atoms with Crippen LogP contribution in [0.4, 0.5) is 0 Å². The van der Waals surface area contributed by atoms with Crippen molar-refractivity contribution in [1.29, 1.82) is 0 Å². The van der Waals surface area contributed by atoms with E-state index in [9.17, 15) is 9.59 Å². The third-order valence-corrected chi connectivity index (χ3v) is 6.31. The SMILES string of the molecule is CC(C)Sc1ccc(CC(=O)N2CCN(C(=O)C3CCCC3)CC2)cc1. The van der Waals surface area contributed by atoms with Crippen LogP contribution in [-0.4, -0.2) is 53.0 Å². The molecular weight excluding hydrogens is 344 g/mol. The van der Waals surface area contributed by atoms with Crippen molar-refractivity contribution in [1.82, 2.24) is 9.80 Å². The van der Waals surface area contributed by atoms with Crippen LogP contribution in [-0.2, 0) is 16.0 Å². The summed E-state index contributed by atoms with van der Waals surface area (Å²) in [4.78, 5) is 30.2. The molecule has 26 heavy (non-hydrogen) atoms. The highest BCUT2D eigenvalue weighted by molar-refractivity contribution is 7.99. The Morgan fingerprint density at radius 3 is 2.15 bits per heavy atom. The summed E-state index contributed by atoms with van der Waals surface area (Å²) in [6.45, 7) is 7.06. The molecular formula is C21H30N2O2S. The van der Waals surface area contributed by atoms with Crippen LogP contribution in [0.25, 0.3) is 0 Å². The monoisotopic (exact) mass is 374 g/mol. The van der Waals surface area contributed by atoms with Gasteiger partial charge in [0.2, 0.25) is 11.8 Å². The molecule has 0 N–H and O–H groups in total. The molecule has 1 saturated heterocycles. The van der Waals surface area contributed by atoms with Gasteiger partial charge in [-0.15, -0.1) is 11.8 Å². The van der Waals surface area contributed by atoms with E-state index >= 15 is 0 Å². The molecule has 4 nitrogen and oxygen atoms in total. The number of amides is 2. The molecule has 1 aromatic carbocycles. The molecule has 0 atom stereocenters. The Balaban J connectivity index is 1.46. The highest BCUT2D eigenvalue weighted by Gasteiger charge is 2.30. The van der Waals surface area contributed by atoms with Crippen molar-refractivity contribution in [2.24, 2.45) is 5.92 Å². The Hall–Kier alpha value is -1.49. The first-order chi connectivity index (χ1) is 12.5. The fraction of sp³-hybridized carbons (Fsp3) is 0.619. The third kappa shape index (κ3) is 5.03. The predicted octanol–water partition coefficient (Wildman–Crippen LogP) is 3.59. The first-order valence-electron chi connectivity index (χ1n) is 9.85. The summed E-state index contributed by atoms with van der Waals surface area (Å²) in [5, 5.41) is 0.561. The van der Waals surface area contributed by atoms with Crippen LogP contribution in [0.3, 0.4) is 0 Å². The summed E-state index contributed by atoms with van der Waals surface area (Å²) in [6.07, 6.45) is 4.90. The van der Waals surface area contributed by atoms with Gasteiger partial charge in [0.25, 0.3) is 0 Å². The average Bonchev–Trinajstić information content (AvgIpc) is 3.17. The number of thioether (sulfide) groups is 1. The van der Waals surface area contributed by atoms with E-state index in [2.05, 4.69) is 38.1 Å². The molecule has 1 aliphatic heterocycles. The third-order valence-electron chi connectivity index (χ3n) is 5.30. The van der Waals surface area contributed by atoms with E-state index in [0.29, 0.717) is 43.8 Å². The number of carbonyl (C=O) groups is 2. The molecule has 2 amide bonds. The van der Waals surface area contributed by atoms with Crippen LogP contribution in [0.1, 0.15) is 45.1 Å². The number of hydrogen-bond acceptors (Lipinski definition) is 3. The zero-order valence-corrected chi connectivity index (χ0v) is 16.8. The van der Waals surface area contributed by atoms with Gasteiger partial charge in [0.1, 0.15) is 0 Å². The van der Waals surface area contributed by atoms with E-state index < -0.39 is 0 Å². The molecule has 2 aliphatic rings. The van der Waals surface area contributed by atoms with Crippen LogP contribution in [0.15, 0.2) is 29.2 Å². The lowest BCUT2D eigenvalue weighted by Gasteiger charge is -2.36. The second-order valence-electron chi connectivity index (χ2n) is 7.67. The lowest BCUT2D eigenvalue weighted by atomic mass is 10.1. The average molecular weight is 375 g/mol. The van der Waals surface area contributed by atoms with Gasteiger partial charge >= 0.3 is 0 Å². The first-order valence-corrected chi connectivity index (χ1v) is 10.7. The van der Waals surface area contributed by atoms with Gasteiger partial charge in [-0.25, -0.2) is 0 Å². The van der Waals surface area contributed by atoms with Gasteiger partial charge < -0.3 is 9.80 Å². The summed E-state index contributed by atoms with van der Waals surface area (Å²) in [5.41, 5.74) is 1.06. The second kappa shape index (κ2) is 8.94. The molecule has 1 saturated carbocycles. The molecule has 142 valence electrons. The van der Waals surface area contributed by atoms with Crippen molar-refractivity contribution in [2.75, 3.05) is 26.2 Å². The van der Waals surface area contributed by atoms with E-state index in [0.717, 1.165) is 18.4 Å². The second-order valence-corrected chi connectivity index (χ2v) is 9.32. The largest absolute Gasteiger partial charge is 0.339 e. The number of hydrogen-bond donors (Lipinski definition) is 0. The van der Waals surface area contributed by atoms with E-state index in [4.69, 9.17) is 0 Å². The van der Waals surface area contributed by atoms with Crippen molar-refractivity contribution < 1.29 is 9.59 Å². The topological polar surface area (TPSA) is 40.6 Å². The van der Waals surface area contributed by atoms with E-state index in [1.807, 2.05) is 21.6 Å². The summed E-state index contributed by atoms with van der Waals surface area (Å²) in [7, 11) is 0. The maximum absolute atomic E-state index is 12.6. The molecule has 0 radical (unpaired) electrons. The van der Waals surface area contributed by atoms with Crippen molar-refractivity contribution in [2.45, 2.75) is 56.1 Å². The van der Waals surface area contributed by atoms with Crippen molar-refractivity contribution >= 4 is 23.6 Å². The predicted molar refractivity (Wildman–Crippen MR) is 106 cm³/mol. The Kier molecular flexibility index (Phi) is 6.63. The van der Waals surface area contributed by atoms with E-state index in [1.165, 1.54) is 17.7 Å².